The molecule has 0 aromatic carbocycles. The van der Waals surface area contributed by atoms with Crippen molar-refractivity contribution in [3.63, 3.8) is 0 Å². The van der Waals surface area contributed by atoms with Gasteiger partial charge in [-0.15, -0.1) is 11.8 Å². The average molecular weight is 179 g/mol. The van der Waals surface area contributed by atoms with Crippen LogP contribution >= 0.6 is 11.8 Å². The van der Waals surface area contributed by atoms with Gasteiger partial charge in [-0.1, -0.05) is 6.92 Å². The lowest BCUT2D eigenvalue weighted by atomic mass is 10.6. The summed E-state index contributed by atoms with van der Waals surface area (Å²) in [6.07, 6.45) is 5.52. The Kier molecular flexibility index (Phi) is 1.99. The lowest BCUT2D eigenvalue weighted by Crippen LogP contribution is -1.81. The normalized spacial score (nSPS) is 10.8. The van der Waals surface area contributed by atoms with Crippen molar-refractivity contribution in [1.82, 2.24) is 14.4 Å². The van der Waals surface area contributed by atoms with Gasteiger partial charge in [0.15, 0.2) is 0 Å². The molecule has 0 aliphatic heterocycles. The van der Waals surface area contributed by atoms with Crippen LogP contribution in [0.5, 0.6) is 0 Å². The molecule has 2 aromatic heterocycles. The van der Waals surface area contributed by atoms with Gasteiger partial charge >= 0.3 is 0 Å². The fourth-order valence-electron chi connectivity index (χ4n) is 1.04. The molecule has 4 heteroatoms. The Balaban J connectivity index is 2.47. The fraction of sp³-hybridized carbons (Fsp3) is 0.250. The molecular formula is C8H9N3S. The van der Waals surface area contributed by atoms with Crippen molar-refractivity contribution in [3.05, 3.63) is 24.8 Å². The average Bonchev–Trinajstić information content (AvgIpc) is 2.47. The van der Waals surface area contributed by atoms with Crippen LogP contribution in [0, 0.1) is 0 Å². The van der Waals surface area contributed by atoms with E-state index in [1.807, 2.05) is 16.7 Å². The van der Waals surface area contributed by atoms with Crippen LogP contribution < -0.4 is 0 Å². The molecule has 0 spiro atoms. The standard InChI is InChI=1S/C8H9N3S/c1-2-12-8-5-11-6-9-4-3-7(11)10-8/h3-6H,2H2,1H3. The summed E-state index contributed by atoms with van der Waals surface area (Å²) in [6, 6.07) is 1.90. The highest BCUT2D eigenvalue weighted by Crippen LogP contribution is 2.15. The van der Waals surface area contributed by atoms with E-state index in [4.69, 9.17) is 0 Å². The Labute approximate surface area is 74.8 Å². The zero-order chi connectivity index (χ0) is 8.39. The molecule has 2 rings (SSSR count). The van der Waals surface area contributed by atoms with Crippen molar-refractivity contribution in [1.29, 1.82) is 0 Å². The van der Waals surface area contributed by atoms with Gasteiger partial charge in [-0.3, -0.25) is 4.40 Å². The lowest BCUT2D eigenvalue weighted by molar-refractivity contribution is 1.08. The van der Waals surface area contributed by atoms with E-state index in [2.05, 4.69) is 16.9 Å². The van der Waals surface area contributed by atoms with Crippen LogP contribution in [0.1, 0.15) is 6.92 Å². The van der Waals surface area contributed by atoms with Crippen LogP contribution in [0.25, 0.3) is 5.65 Å². The molecule has 0 aliphatic rings. The molecule has 0 atom stereocenters. The first kappa shape index (κ1) is 7.61. The van der Waals surface area contributed by atoms with Gasteiger partial charge in [0.25, 0.3) is 0 Å². The monoisotopic (exact) mass is 179 g/mol. The Bertz CT molecular complexity index is 349. The largest absolute Gasteiger partial charge is 0.289 e. The molecule has 0 unspecified atom stereocenters. The van der Waals surface area contributed by atoms with Gasteiger partial charge in [0.05, 0.1) is 0 Å². The van der Waals surface area contributed by atoms with E-state index in [0.29, 0.717) is 0 Å². The SMILES string of the molecule is CCSc1cn2cnccc2n1. The molecule has 0 saturated carbocycles. The molecule has 0 saturated heterocycles. The third kappa shape index (κ3) is 1.30. The van der Waals surface area contributed by atoms with Gasteiger partial charge in [0.1, 0.15) is 17.0 Å². The highest BCUT2D eigenvalue weighted by Gasteiger charge is 1.98. The van der Waals surface area contributed by atoms with Crippen molar-refractivity contribution in [3.8, 4) is 0 Å². The molecular weight excluding hydrogens is 170 g/mol. The summed E-state index contributed by atoms with van der Waals surface area (Å²) in [4.78, 5) is 8.39. The summed E-state index contributed by atoms with van der Waals surface area (Å²) >= 11 is 1.74. The summed E-state index contributed by atoms with van der Waals surface area (Å²) < 4.78 is 1.93. The summed E-state index contributed by atoms with van der Waals surface area (Å²) in [5, 5.41) is 1.06. The zero-order valence-electron chi connectivity index (χ0n) is 6.77. The van der Waals surface area contributed by atoms with Crippen molar-refractivity contribution in [2.75, 3.05) is 5.75 Å². The number of hydrogen-bond donors (Lipinski definition) is 0. The predicted molar refractivity (Wildman–Crippen MR) is 49.4 cm³/mol. The molecule has 0 radical (unpaired) electrons. The molecule has 2 heterocycles. The minimum Gasteiger partial charge on any atom is -0.289 e. The van der Waals surface area contributed by atoms with Crippen molar-refractivity contribution < 1.29 is 0 Å². The maximum absolute atomic E-state index is 4.39. The molecule has 62 valence electrons. The Hall–Kier alpha value is -1.03. The third-order valence-corrected chi connectivity index (χ3v) is 2.31. The van der Waals surface area contributed by atoms with E-state index in [0.717, 1.165) is 16.4 Å². The second-order valence-electron chi connectivity index (χ2n) is 2.36. The molecule has 2 aromatic rings. The summed E-state index contributed by atoms with van der Waals surface area (Å²) in [6.45, 7) is 2.12. The number of aromatic nitrogens is 3. The molecule has 0 amide bonds. The van der Waals surface area contributed by atoms with Crippen molar-refractivity contribution in [2.45, 2.75) is 11.9 Å². The molecule has 0 N–H and O–H groups in total. The highest BCUT2D eigenvalue weighted by atomic mass is 32.2. The Morgan fingerprint density at radius 3 is 3.25 bits per heavy atom. The smallest absolute Gasteiger partial charge is 0.140 e. The predicted octanol–water partition coefficient (Wildman–Crippen LogP) is 1.84. The summed E-state index contributed by atoms with van der Waals surface area (Å²) in [5.74, 6) is 1.05. The second-order valence-corrected chi connectivity index (χ2v) is 3.64. The molecule has 3 nitrogen and oxygen atoms in total. The van der Waals surface area contributed by atoms with Crippen LogP contribution in [0.2, 0.25) is 0 Å². The van der Waals surface area contributed by atoms with Crippen LogP contribution in [-0.2, 0) is 0 Å². The molecule has 0 bridgehead atoms. The van der Waals surface area contributed by atoms with Gasteiger partial charge in [-0.2, -0.15) is 0 Å². The molecule has 0 fully saturated rings. The Morgan fingerprint density at radius 2 is 2.50 bits per heavy atom. The second kappa shape index (κ2) is 3.15. The van der Waals surface area contributed by atoms with Gasteiger partial charge in [0.2, 0.25) is 0 Å². The van der Waals surface area contributed by atoms with Crippen molar-refractivity contribution >= 4 is 17.4 Å². The highest BCUT2D eigenvalue weighted by molar-refractivity contribution is 7.99. The van der Waals surface area contributed by atoms with E-state index in [-0.39, 0.29) is 0 Å². The van der Waals surface area contributed by atoms with Gasteiger partial charge in [-0.05, 0) is 11.8 Å². The first-order chi connectivity index (χ1) is 5.90. The number of thioether (sulfide) groups is 1. The minimum absolute atomic E-state index is 0.959. The van der Waals surface area contributed by atoms with Gasteiger partial charge < -0.3 is 0 Å². The molecule has 0 aliphatic carbocycles. The number of imidazole rings is 1. The first-order valence-electron chi connectivity index (χ1n) is 3.81. The van der Waals surface area contributed by atoms with Crippen molar-refractivity contribution in [2.24, 2.45) is 0 Å². The van der Waals surface area contributed by atoms with Crippen LogP contribution in [0.4, 0.5) is 0 Å². The quantitative estimate of drug-likeness (QED) is 0.659. The maximum Gasteiger partial charge on any atom is 0.140 e. The van der Waals surface area contributed by atoms with E-state index < -0.39 is 0 Å². The van der Waals surface area contributed by atoms with E-state index in [9.17, 15) is 0 Å². The lowest BCUT2D eigenvalue weighted by Gasteiger charge is -1.86. The van der Waals surface area contributed by atoms with Gasteiger partial charge in [-0.25, -0.2) is 9.97 Å². The zero-order valence-corrected chi connectivity index (χ0v) is 7.58. The Morgan fingerprint density at radius 1 is 1.58 bits per heavy atom. The van der Waals surface area contributed by atoms with Gasteiger partial charge in [0, 0.05) is 12.4 Å². The van der Waals surface area contributed by atoms with E-state index in [1.54, 1.807) is 24.3 Å². The number of fused-ring (bicyclic) bond motifs is 1. The molecule has 12 heavy (non-hydrogen) atoms. The first-order valence-corrected chi connectivity index (χ1v) is 4.80. The van der Waals surface area contributed by atoms with E-state index in [1.165, 1.54) is 0 Å². The minimum atomic E-state index is 0.959. The summed E-state index contributed by atoms with van der Waals surface area (Å²) in [7, 11) is 0. The number of nitrogens with zero attached hydrogens (tertiary/aromatic N) is 3. The maximum atomic E-state index is 4.39. The van der Waals surface area contributed by atoms with E-state index >= 15 is 0 Å². The third-order valence-electron chi connectivity index (χ3n) is 1.53. The summed E-state index contributed by atoms with van der Waals surface area (Å²) in [5.41, 5.74) is 0.959. The van der Waals surface area contributed by atoms with Crippen LogP contribution in [0.3, 0.4) is 0 Å². The van der Waals surface area contributed by atoms with Crippen LogP contribution in [0.15, 0.2) is 29.8 Å². The van der Waals surface area contributed by atoms with Crippen LogP contribution in [-0.4, -0.2) is 20.1 Å². The topological polar surface area (TPSA) is 30.2 Å². The number of rotatable bonds is 2. The fourth-order valence-corrected chi connectivity index (χ4v) is 1.68. The number of hydrogen-bond acceptors (Lipinski definition) is 3.